The van der Waals surface area contributed by atoms with Crippen molar-refractivity contribution in [2.45, 2.75) is 112 Å². The Kier molecular flexibility index (Phi) is 10.5. The van der Waals surface area contributed by atoms with Crippen molar-refractivity contribution in [2.24, 2.45) is 5.92 Å². The van der Waals surface area contributed by atoms with Crippen molar-refractivity contribution in [3.05, 3.63) is 93.5 Å². The number of nitrogens with zero attached hydrogens (tertiary/aromatic N) is 4. The minimum absolute atomic E-state index is 0.0715. The van der Waals surface area contributed by atoms with Crippen molar-refractivity contribution in [2.75, 3.05) is 29.9 Å². The van der Waals surface area contributed by atoms with Crippen LogP contribution in [0.2, 0.25) is 10.0 Å². The zero-order valence-electron chi connectivity index (χ0n) is 34.2. The highest BCUT2D eigenvalue weighted by Gasteiger charge is 2.72. The number of nitrogens with one attached hydrogen (secondary N) is 4. The summed E-state index contributed by atoms with van der Waals surface area (Å²) >= 11 is 12.8. The lowest BCUT2D eigenvalue weighted by Gasteiger charge is -2.47. The van der Waals surface area contributed by atoms with Crippen molar-refractivity contribution in [1.82, 2.24) is 30.2 Å². The Balaban J connectivity index is 0.821. The summed E-state index contributed by atoms with van der Waals surface area (Å²) in [5.74, 6) is -1.63. The molecule has 2 saturated carbocycles. The number of amides is 6. The van der Waals surface area contributed by atoms with Gasteiger partial charge in [-0.1, -0.05) is 66.7 Å². The fourth-order valence-corrected chi connectivity index (χ4v) is 12.3. The average molecular weight is 884 g/mol. The van der Waals surface area contributed by atoms with E-state index in [1.54, 1.807) is 30.5 Å². The largest absolute Gasteiger partial charge is 0.352 e. The minimum Gasteiger partial charge on any atom is -0.352 e. The zero-order chi connectivity index (χ0) is 42.9. The molecule has 62 heavy (non-hydrogen) atoms. The lowest BCUT2D eigenvalue weighted by Crippen LogP contribution is -2.60. The van der Waals surface area contributed by atoms with Crippen molar-refractivity contribution in [3.63, 3.8) is 0 Å². The molecule has 16 heteroatoms. The molecule has 2 aromatic carbocycles. The summed E-state index contributed by atoms with van der Waals surface area (Å²) in [4.78, 5) is 75.9. The first-order valence-corrected chi connectivity index (χ1v) is 22.7. The molecule has 0 radical (unpaired) electrons. The number of urea groups is 1. The average Bonchev–Trinajstić information content (AvgIpc) is 3.92. The summed E-state index contributed by atoms with van der Waals surface area (Å²) in [6.07, 6.45) is 11.8. The lowest BCUT2D eigenvalue weighted by molar-refractivity contribution is -0.137. The van der Waals surface area contributed by atoms with Gasteiger partial charge in [-0.25, -0.2) is 14.2 Å². The second-order valence-electron chi connectivity index (χ2n) is 18.0. The summed E-state index contributed by atoms with van der Waals surface area (Å²) < 4.78 is 18.2. The van der Waals surface area contributed by atoms with Crippen molar-refractivity contribution >= 4 is 70.0 Å². The van der Waals surface area contributed by atoms with E-state index in [1.165, 1.54) is 11.0 Å². The molecule has 10 rings (SSSR count). The molecule has 2 aliphatic carbocycles. The predicted molar refractivity (Wildman–Crippen MR) is 232 cm³/mol. The molecule has 2 aromatic heterocycles. The van der Waals surface area contributed by atoms with E-state index in [2.05, 4.69) is 32.3 Å². The standard InChI is InChI=1S/C46H49Cl2FN8O5/c47-28-11-14-32-34(24-28)52-43(61)46(32)37(31-6-4-8-33(48)38(31)49)39(54-45(46)18-2-1-3-19-45)41(59)51-29-12-9-27(10-13-29)42(60)55-21-15-26(16-22-55)30-7-5-20-56-36(25-50-40(30)56)57-23-17-35(58)53-44(57)62/h4-8,11,14,20,24-27,29,37,39,54H,1-3,9-10,12-13,15-19,21-23H2,(H,51,59)(H,52,61)(H,53,58,62)/t27?,29?,37-,39+,46+/m0/s1. The van der Waals surface area contributed by atoms with Crippen LogP contribution in [0.25, 0.3) is 5.65 Å². The maximum absolute atomic E-state index is 16.3. The minimum atomic E-state index is -1.31. The number of benzene rings is 2. The molecule has 6 heterocycles. The molecular formula is C46H49Cl2FN8O5. The van der Waals surface area contributed by atoms with Gasteiger partial charge in [0.25, 0.3) is 0 Å². The number of aromatic nitrogens is 2. The second-order valence-corrected chi connectivity index (χ2v) is 18.9. The fourth-order valence-electron chi connectivity index (χ4n) is 12.0. The summed E-state index contributed by atoms with van der Waals surface area (Å²) in [5, 5.41) is 12.9. The Morgan fingerprint density at radius 3 is 2.39 bits per heavy atom. The molecule has 3 saturated heterocycles. The predicted octanol–water partition coefficient (Wildman–Crippen LogP) is 6.96. The Hall–Kier alpha value is -5.05. The van der Waals surface area contributed by atoms with Crippen molar-refractivity contribution in [3.8, 4) is 0 Å². The topological polar surface area (TPSA) is 157 Å². The van der Waals surface area contributed by atoms with Gasteiger partial charge in [-0.2, -0.15) is 0 Å². The van der Waals surface area contributed by atoms with Gasteiger partial charge in [0.1, 0.15) is 22.7 Å². The number of likely N-dealkylation sites (tertiary alicyclic amines) is 1. The van der Waals surface area contributed by atoms with Gasteiger partial charge in [0.05, 0.1) is 17.3 Å². The number of hydrogen-bond donors (Lipinski definition) is 4. The summed E-state index contributed by atoms with van der Waals surface area (Å²) in [5.41, 5.74) is 1.20. The van der Waals surface area contributed by atoms with Crippen LogP contribution in [0.15, 0.2) is 60.9 Å². The van der Waals surface area contributed by atoms with Crippen LogP contribution in [0.5, 0.6) is 0 Å². The summed E-state index contributed by atoms with van der Waals surface area (Å²) in [7, 11) is 0. The number of anilines is 2. The molecule has 0 bridgehead atoms. The van der Waals surface area contributed by atoms with E-state index in [9.17, 15) is 24.0 Å². The number of imide groups is 1. The third-order valence-corrected chi connectivity index (χ3v) is 15.4. The van der Waals surface area contributed by atoms with E-state index < -0.39 is 34.8 Å². The van der Waals surface area contributed by atoms with Gasteiger partial charge >= 0.3 is 6.03 Å². The van der Waals surface area contributed by atoms with Crippen molar-refractivity contribution < 1.29 is 28.4 Å². The number of piperidine rings is 1. The Labute approximate surface area is 368 Å². The van der Waals surface area contributed by atoms with Crippen LogP contribution in [0.1, 0.15) is 106 Å². The molecule has 4 N–H and O–H groups in total. The van der Waals surface area contributed by atoms with Crippen LogP contribution in [0.3, 0.4) is 0 Å². The van der Waals surface area contributed by atoms with Crippen LogP contribution in [-0.2, 0) is 24.6 Å². The van der Waals surface area contributed by atoms with Crippen LogP contribution in [-0.4, -0.2) is 81.2 Å². The third-order valence-electron chi connectivity index (χ3n) is 14.9. The van der Waals surface area contributed by atoms with E-state index in [1.807, 2.05) is 27.6 Å². The summed E-state index contributed by atoms with van der Waals surface area (Å²) in [6, 6.07) is 12.5. The fraction of sp³-hybridized carbons (Fsp3) is 0.478. The molecule has 13 nitrogen and oxygen atoms in total. The monoisotopic (exact) mass is 882 g/mol. The van der Waals surface area contributed by atoms with Gasteiger partial charge in [-0.05, 0) is 98.2 Å². The number of imidazole rings is 1. The molecule has 5 fully saturated rings. The first kappa shape index (κ1) is 41.0. The van der Waals surface area contributed by atoms with Gasteiger partial charge in [0.15, 0.2) is 0 Å². The first-order chi connectivity index (χ1) is 30.0. The number of fused-ring (bicyclic) bond motifs is 4. The smallest absolute Gasteiger partial charge is 0.329 e. The van der Waals surface area contributed by atoms with E-state index >= 15 is 4.39 Å². The van der Waals surface area contributed by atoms with Crippen LogP contribution in [0.4, 0.5) is 20.7 Å². The number of rotatable bonds is 6. The third kappa shape index (κ3) is 6.58. The summed E-state index contributed by atoms with van der Waals surface area (Å²) in [6.45, 7) is 1.52. The highest BCUT2D eigenvalue weighted by Crippen LogP contribution is 2.63. The van der Waals surface area contributed by atoms with E-state index in [0.717, 1.165) is 43.3 Å². The molecule has 4 aromatic rings. The SMILES string of the molecule is O=C1CCN(c2cnc3c(C4CCN(C(=O)C5CCC(NC(=O)[C@@H]6NC7(CCCCC7)[C@@]7(C(=O)Nc8cc(Cl)ccc87)[C@H]6c6cccc(Cl)c6F)CC5)CC4)cccn23)C(=O)N1. The number of carbonyl (C=O) groups is 5. The second kappa shape index (κ2) is 15.9. The molecule has 0 unspecified atom stereocenters. The molecule has 6 amide bonds. The highest BCUT2D eigenvalue weighted by atomic mass is 35.5. The van der Waals surface area contributed by atoms with Crippen LogP contribution < -0.4 is 26.2 Å². The van der Waals surface area contributed by atoms with Gasteiger partial charge in [0, 0.05) is 66.4 Å². The first-order valence-electron chi connectivity index (χ1n) is 22.0. The van der Waals surface area contributed by atoms with Gasteiger partial charge in [-0.15, -0.1) is 0 Å². The Morgan fingerprint density at radius 1 is 0.871 bits per heavy atom. The number of carbonyl (C=O) groups excluding carboxylic acids is 5. The highest BCUT2D eigenvalue weighted by molar-refractivity contribution is 6.31. The normalized spacial score (nSPS) is 27.4. The quantitative estimate of drug-likeness (QED) is 0.163. The van der Waals surface area contributed by atoms with Gasteiger partial charge in [-0.3, -0.25) is 39.1 Å². The lowest BCUT2D eigenvalue weighted by atomic mass is 9.55. The van der Waals surface area contributed by atoms with Crippen molar-refractivity contribution in [1.29, 1.82) is 0 Å². The Morgan fingerprint density at radius 2 is 1.63 bits per heavy atom. The maximum Gasteiger partial charge on any atom is 0.329 e. The number of hydrogen-bond acceptors (Lipinski definition) is 7. The van der Waals surface area contributed by atoms with E-state index in [0.29, 0.717) is 73.7 Å². The van der Waals surface area contributed by atoms with E-state index in [-0.39, 0.29) is 65.1 Å². The molecule has 324 valence electrons. The molecule has 2 spiro atoms. The zero-order valence-corrected chi connectivity index (χ0v) is 35.7. The molecule has 6 aliphatic rings. The van der Waals surface area contributed by atoms with Gasteiger partial charge in [0.2, 0.25) is 23.6 Å². The number of pyridine rings is 1. The number of halogens is 3. The van der Waals surface area contributed by atoms with Crippen LogP contribution in [0, 0.1) is 11.7 Å². The van der Waals surface area contributed by atoms with Crippen LogP contribution >= 0.6 is 23.2 Å². The molecule has 4 aliphatic heterocycles. The Bertz CT molecular complexity index is 2490. The maximum atomic E-state index is 16.3. The molecular weight excluding hydrogens is 834 g/mol. The molecule has 3 atom stereocenters. The van der Waals surface area contributed by atoms with E-state index in [4.69, 9.17) is 23.2 Å². The van der Waals surface area contributed by atoms with Gasteiger partial charge < -0.3 is 15.5 Å².